The van der Waals surface area contributed by atoms with Crippen LogP contribution in [0.2, 0.25) is 0 Å². The highest BCUT2D eigenvalue weighted by Crippen LogP contribution is 2.28. The number of aryl methyl sites for hydroxylation is 2. The lowest BCUT2D eigenvalue weighted by Gasteiger charge is -2.05. The van der Waals surface area contributed by atoms with Gasteiger partial charge in [0.25, 0.3) is 0 Å². The van der Waals surface area contributed by atoms with Crippen LogP contribution in [0.5, 0.6) is 0 Å². The average molecular weight is 341 g/mol. The highest BCUT2D eigenvalue weighted by atomic mass is 16.3. The maximum Gasteiger partial charge on any atom is 0.184 e. The van der Waals surface area contributed by atoms with Crippen LogP contribution in [0.3, 0.4) is 0 Å². The fourth-order valence-electron chi connectivity index (χ4n) is 3.02. The van der Waals surface area contributed by atoms with Crippen molar-refractivity contribution >= 4 is 0 Å². The van der Waals surface area contributed by atoms with Crippen molar-refractivity contribution in [1.29, 1.82) is 0 Å². The Hall–Kier alpha value is -2.51. The fraction of sp³-hybridized carbons (Fsp3) is 0.389. The topological polar surface area (TPSA) is 89.0 Å². The number of nitrogens with zero attached hydrogens (tertiary/aromatic N) is 5. The third kappa shape index (κ3) is 3.20. The van der Waals surface area contributed by atoms with Gasteiger partial charge in [0, 0.05) is 12.2 Å². The fourth-order valence-corrected chi connectivity index (χ4v) is 3.02. The van der Waals surface area contributed by atoms with Gasteiger partial charge in [-0.2, -0.15) is 10.2 Å². The third-order valence-electron chi connectivity index (χ3n) is 4.26. The van der Waals surface area contributed by atoms with E-state index in [0.717, 1.165) is 29.1 Å². The summed E-state index contributed by atoms with van der Waals surface area (Å²) in [6.07, 6.45) is -0.915. The number of aliphatic hydroxyl groups is 2. The first kappa shape index (κ1) is 17.3. The Bertz CT molecular complexity index is 854. The van der Waals surface area contributed by atoms with Gasteiger partial charge in [-0.1, -0.05) is 30.3 Å². The van der Waals surface area contributed by atoms with Gasteiger partial charge in [0.1, 0.15) is 6.10 Å². The summed E-state index contributed by atoms with van der Waals surface area (Å²) >= 11 is 0. The predicted octanol–water partition coefficient (Wildman–Crippen LogP) is 1.85. The largest absolute Gasteiger partial charge is 0.394 e. The zero-order valence-electron chi connectivity index (χ0n) is 14.7. The second-order valence-corrected chi connectivity index (χ2v) is 5.92. The summed E-state index contributed by atoms with van der Waals surface area (Å²) in [7, 11) is 0. The molecular formula is C18H23N5O2. The molecule has 0 amide bonds. The van der Waals surface area contributed by atoms with Crippen LogP contribution < -0.4 is 0 Å². The van der Waals surface area contributed by atoms with E-state index in [-0.39, 0.29) is 6.61 Å². The molecule has 1 unspecified atom stereocenters. The zero-order valence-corrected chi connectivity index (χ0v) is 14.7. The van der Waals surface area contributed by atoms with Gasteiger partial charge in [-0.25, -0.2) is 9.67 Å². The molecule has 0 spiro atoms. The number of rotatable bonds is 6. The molecule has 0 aliphatic rings. The maximum atomic E-state index is 10.6. The molecule has 0 saturated carbocycles. The van der Waals surface area contributed by atoms with Gasteiger partial charge >= 0.3 is 0 Å². The minimum Gasteiger partial charge on any atom is -0.394 e. The molecule has 0 bridgehead atoms. The minimum atomic E-state index is -0.915. The van der Waals surface area contributed by atoms with Gasteiger partial charge in [-0.15, -0.1) is 0 Å². The first-order valence-electron chi connectivity index (χ1n) is 8.39. The van der Waals surface area contributed by atoms with Gasteiger partial charge in [0.2, 0.25) is 0 Å². The summed E-state index contributed by atoms with van der Waals surface area (Å²) in [5.74, 6) is 0.937. The van der Waals surface area contributed by atoms with Crippen molar-refractivity contribution in [2.24, 2.45) is 0 Å². The van der Waals surface area contributed by atoms with Crippen LogP contribution in [0, 0.1) is 13.8 Å². The molecule has 132 valence electrons. The van der Waals surface area contributed by atoms with Crippen LogP contribution in [-0.2, 0) is 13.1 Å². The van der Waals surface area contributed by atoms with Crippen LogP contribution in [0.1, 0.15) is 35.8 Å². The van der Waals surface area contributed by atoms with E-state index < -0.39 is 6.10 Å². The van der Waals surface area contributed by atoms with E-state index in [9.17, 15) is 10.2 Å². The monoisotopic (exact) mass is 341 g/mol. The van der Waals surface area contributed by atoms with E-state index in [1.807, 2.05) is 55.8 Å². The van der Waals surface area contributed by atoms with Crippen molar-refractivity contribution in [3.8, 4) is 11.4 Å². The summed E-state index contributed by atoms with van der Waals surface area (Å²) in [5, 5.41) is 28.9. The maximum absolute atomic E-state index is 10.6. The number of aliphatic hydroxyl groups excluding tert-OH is 2. The number of hydrogen-bond acceptors (Lipinski definition) is 5. The molecule has 7 heteroatoms. The third-order valence-corrected chi connectivity index (χ3v) is 4.26. The summed E-state index contributed by atoms with van der Waals surface area (Å²) in [4.78, 5) is 4.58. The van der Waals surface area contributed by atoms with Gasteiger partial charge < -0.3 is 10.2 Å². The van der Waals surface area contributed by atoms with Crippen LogP contribution in [0.25, 0.3) is 11.4 Å². The molecule has 3 aromatic rings. The molecule has 2 heterocycles. The molecule has 1 atom stereocenters. The Morgan fingerprint density at radius 2 is 1.80 bits per heavy atom. The van der Waals surface area contributed by atoms with Crippen LogP contribution in [0.15, 0.2) is 30.3 Å². The van der Waals surface area contributed by atoms with Gasteiger partial charge in [0.05, 0.1) is 24.4 Å². The lowest BCUT2D eigenvalue weighted by molar-refractivity contribution is 0.208. The molecule has 7 nitrogen and oxygen atoms in total. The Morgan fingerprint density at radius 3 is 2.40 bits per heavy atom. The zero-order chi connectivity index (χ0) is 18.0. The molecular weight excluding hydrogens is 318 g/mol. The molecule has 0 aliphatic carbocycles. The minimum absolute atomic E-state index is 0.0583. The molecule has 2 aromatic heterocycles. The predicted molar refractivity (Wildman–Crippen MR) is 94.0 cm³/mol. The Kier molecular flexibility index (Phi) is 4.96. The van der Waals surface area contributed by atoms with Crippen molar-refractivity contribution < 1.29 is 10.2 Å². The van der Waals surface area contributed by atoms with E-state index in [1.54, 1.807) is 4.68 Å². The summed E-state index contributed by atoms with van der Waals surface area (Å²) in [5.41, 5.74) is 3.47. The van der Waals surface area contributed by atoms with Crippen molar-refractivity contribution in [1.82, 2.24) is 24.5 Å². The first-order valence-corrected chi connectivity index (χ1v) is 8.39. The van der Waals surface area contributed by atoms with Crippen molar-refractivity contribution in [2.45, 2.75) is 40.0 Å². The normalized spacial score (nSPS) is 12.5. The summed E-state index contributed by atoms with van der Waals surface area (Å²) in [6.45, 7) is 6.97. The Morgan fingerprint density at radius 1 is 1.08 bits per heavy atom. The molecule has 3 rings (SSSR count). The lowest BCUT2D eigenvalue weighted by atomic mass is 10.1. The highest BCUT2D eigenvalue weighted by molar-refractivity contribution is 5.61. The van der Waals surface area contributed by atoms with Crippen LogP contribution in [0.4, 0.5) is 0 Å². The summed E-state index contributed by atoms with van der Waals surface area (Å²) in [6, 6.07) is 9.30. The van der Waals surface area contributed by atoms with E-state index >= 15 is 0 Å². The Balaban J connectivity index is 2.08. The smallest absolute Gasteiger partial charge is 0.184 e. The standard InChI is InChI=1S/C18H23N5O2/c1-4-22-13(3)15(12(2)20-22)18-19-17(21-23(18)10-11-24)16(25)14-8-6-5-7-9-14/h5-9,16,24-25H,4,10-11H2,1-3H3. The van der Waals surface area contributed by atoms with Gasteiger partial charge in [-0.05, 0) is 26.3 Å². The first-order chi connectivity index (χ1) is 12.1. The van der Waals surface area contributed by atoms with Crippen molar-refractivity contribution in [2.75, 3.05) is 6.61 Å². The molecule has 25 heavy (non-hydrogen) atoms. The molecule has 2 N–H and O–H groups in total. The summed E-state index contributed by atoms with van der Waals surface area (Å²) < 4.78 is 3.55. The number of benzene rings is 1. The van der Waals surface area contributed by atoms with E-state index in [2.05, 4.69) is 15.2 Å². The Labute approximate surface area is 146 Å². The van der Waals surface area contributed by atoms with Crippen molar-refractivity contribution in [3.63, 3.8) is 0 Å². The van der Waals surface area contributed by atoms with E-state index in [1.165, 1.54) is 0 Å². The average Bonchev–Trinajstić information content (AvgIpc) is 3.15. The molecule has 0 saturated heterocycles. The van der Waals surface area contributed by atoms with E-state index in [0.29, 0.717) is 18.2 Å². The number of hydrogen-bond donors (Lipinski definition) is 2. The van der Waals surface area contributed by atoms with Gasteiger partial charge in [0.15, 0.2) is 11.6 Å². The van der Waals surface area contributed by atoms with Crippen molar-refractivity contribution in [3.05, 3.63) is 53.1 Å². The van der Waals surface area contributed by atoms with Gasteiger partial charge in [-0.3, -0.25) is 4.68 Å². The second-order valence-electron chi connectivity index (χ2n) is 5.92. The lowest BCUT2D eigenvalue weighted by Crippen LogP contribution is -2.08. The van der Waals surface area contributed by atoms with Crippen LogP contribution in [-0.4, -0.2) is 41.4 Å². The molecule has 1 aromatic carbocycles. The second kappa shape index (κ2) is 7.16. The van der Waals surface area contributed by atoms with Crippen LogP contribution >= 0.6 is 0 Å². The van der Waals surface area contributed by atoms with E-state index in [4.69, 9.17) is 0 Å². The molecule has 0 fully saturated rings. The number of aromatic nitrogens is 5. The molecule has 0 radical (unpaired) electrons. The molecule has 0 aliphatic heterocycles. The highest BCUT2D eigenvalue weighted by Gasteiger charge is 2.23. The quantitative estimate of drug-likeness (QED) is 0.714. The SMILES string of the molecule is CCn1nc(C)c(-c2nc(C(O)c3ccccc3)nn2CCO)c1C.